The largest absolute Gasteiger partial charge is 0.374 e. The predicted octanol–water partition coefficient (Wildman–Crippen LogP) is 2.35. The molecule has 0 saturated carbocycles. The first-order valence-electron chi connectivity index (χ1n) is 8.51. The minimum Gasteiger partial charge on any atom is -0.374 e. The first-order valence-corrected chi connectivity index (χ1v) is 8.89. The molecule has 1 aliphatic rings. The number of hydrogen-bond donors (Lipinski definition) is 3. The van der Waals surface area contributed by atoms with E-state index in [0.29, 0.717) is 49.1 Å². The van der Waals surface area contributed by atoms with Gasteiger partial charge in [0, 0.05) is 38.3 Å². The van der Waals surface area contributed by atoms with Crippen LogP contribution in [0.1, 0.15) is 24.2 Å². The van der Waals surface area contributed by atoms with Crippen molar-refractivity contribution in [2.75, 3.05) is 44.6 Å². The van der Waals surface area contributed by atoms with Gasteiger partial charge in [-0.15, -0.1) is 12.4 Å². The quantitative estimate of drug-likeness (QED) is 0.679. The van der Waals surface area contributed by atoms with Crippen LogP contribution in [-0.2, 0) is 4.74 Å². The summed E-state index contributed by atoms with van der Waals surface area (Å²) in [6.07, 6.45) is -0.0504. The molecule has 3 N–H and O–H groups in total. The van der Waals surface area contributed by atoms with Crippen LogP contribution >= 0.6 is 24.0 Å². The highest BCUT2D eigenvalue weighted by Gasteiger charge is 2.17. The third kappa shape index (κ3) is 6.32. The van der Waals surface area contributed by atoms with E-state index >= 15 is 0 Å². The normalized spacial score (nSPS) is 16.3. The highest BCUT2D eigenvalue weighted by atomic mass is 35.5. The number of nitrogens with one attached hydrogen (secondary N) is 3. The summed E-state index contributed by atoms with van der Waals surface area (Å²) in [5.41, 5.74) is 0.892. The van der Waals surface area contributed by atoms with Crippen LogP contribution in [0.4, 0.5) is 10.5 Å². The van der Waals surface area contributed by atoms with Gasteiger partial charge in [0.25, 0.3) is 5.91 Å². The highest BCUT2D eigenvalue weighted by Crippen LogP contribution is 2.23. The minimum absolute atomic E-state index is 0. The molecule has 1 unspecified atom stereocenters. The van der Waals surface area contributed by atoms with Gasteiger partial charge in [0.15, 0.2) is 0 Å². The molecule has 0 spiro atoms. The lowest BCUT2D eigenvalue weighted by Gasteiger charge is -2.23. The third-order valence-electron chi connectivity index (χ3n) is 4.01. The van der Waals surface area contributed by atoms with Crippen molar-refractivity contribution in [3.63, 3.8) is 0 Å². The fraction of sp³-hybridized carbons (Fsp3) is 0.529. The van der Waals surface area contributed by atoms with Crippen molar-refractivity contribution in [3.8, 4) is 0 Å². The van der Waals surface area contributed by atoms with Crippen LogP contribution < -0.4 is 16.0 Å². The van der Waals surface area contributed by atoms with Gasteiger partial charge < -0.3 is 25.6 Å². The molecule has 7 nitrogen and oxygen atoms in total. The van der Waals surface area contributed by atoms with Crippen LogP contribution in [0, 0.1) is 0 Å². The van der Waals surface area contributed by atoms with Crippen LogP contribution in [0.15, 0.2) is 18.2 Å². The van der Waals surface area contributed by atoms with Crippen LogP contribution in [0.5, 0.6) is 0 Å². The minimum atomic E-state index is -0.386. The molecule has 1 aromatic carbocycles. The Kier molecular flexibility index (Phi) is 9.72. The molecule has 26 heavy (non-hydrogen) atoms. The van der Waals surface area contributed by atoms with Crippen LogP contribution in [0.25, 0.3) is 0 Å². The summed E-state index contributed by atoms with van der Waals surface area (Å²) in [6, 6.07) is 4.49. The van der Waals surface area contributed by atoms with Crippen molar-refractivity contribution >= 4 is 41.6 Å². The van der Waals surface area contributed by atoms with Crippen molar-refractivity contribution in [2.24, 2.45) is 0 Å². The zero-order valence-electron chi connectivity index (χ0n) is 15.0. The van der Waals surface area contributed by atoms with E-state index in [2.05, 4.69) is 16.0 Å². The number of urea groups is 1. The fourth-order valence-electron chi connectivity index (χ4n) is 2.57. The Hall–Kier alpha value is -1.54. The Bertz CT molecular complexity index is 606. The second kappa shape index (κ2) is 11.2. The van der Waals surface area contributed by atoms with E-state index in [9.17, 15) is 9.59 Å². The Labute approximate surface area is 165 Å². The molecular weight excluding hydrogens is 379 g/mol. The molecule has 9 heteroatoms. The molecule has 0 aliphatic carbocycles. The Morgan fingerprint density at radius 1 is 1.35 bits per heavy atom. The molecule has 1 aromatic rings. The van der Waals surface area contributed by atoms with E-state index in [-0.39, 0.29) is 30.4 Å². The standard InChI is InChI=1S/C17H25ClN4O3.ClH/c1-3-22(4-2)16(23)12-5-6-14(18)15(9-12)21-17(24)20-11-13-10-19-7-8-25-13;/h5-6,9,13,19H,3-4,7-8,10-11H2,1-2H3,(H2,20,21,24);1H. The molecule has 1 aliphatic heterocycles. The lowest BCUT2D eigenvalue weighted by molar-refractivity contribution is 0.0310. The van der Waals surface area contributed by atoms with E-state index < -0.39 is 0 Å². The number of morpholine rings is 1. The van der Waals surface area contributed by atoms with Gasteiger partial charge in [-0.05, 0) is 32.0 Å². The molecule has 1 saturated heterocycles. The van der Waals surface area contributed by atoms with Gasteiger partial charge in [-0.3, -0.25) is 4.79 Å². The topological polar surface area (TPSA) is 82.7 Å². The first-order chi connectivity index (χ1) is 12.0. The molecule has 1 atom stereocenters. The molecule has 2 rings (SSSR count). The van der Waals surface area contributed by atoms with Gasteiger partial charge in [-0.1, -0.05) is 11.6 Å². The SMILES string of the molecule is CCN(CC)C(=O)c1ccc(Cl)c(NC(=O)NCC2CNCCO2)c1.Cl. The van der Waals surface area contributed by atoms with Gasteiger partial charge in [-0.2, -0.15) is 0 Å². The predicted molar refractivity (Wildman–Crippen MR) is 106 cm³/mol. The average molecular weight is 405 g/mol. The Balaban J connectivity index is 0.00000338. The van der Waals surface area contributed by atoms with E-state index in [4.69, 9.17) is 16.3 Å². The number of amides is 3. The Morgan fingerprint density at radius 3 is 2.69 bits per heavy atom. The van der Waals surface area contributed by atoms with E-state index in [0.717, 1.165) is 6.54 Å². The lowest BCUT2D eigenvalue weighted by Crippen LogP contribution is -2.46. The van der Waals surface area contributed by atoms with Crippen molar-refractivity contribution in [2.45, 2.75) is 20.0 Å². The average Bonchev–Trinajstić information content (AvgIpc) is 2.63. The summed E-state index contributed by atoms with van der Waals surface area (Å²) in [7, 11) is 0. The molecule has 0 radical (unpaired) electrons. The second-order valence-electron chi connectivity index (χ2n) is 5.70. The third-order valence-corrected chi connectivity index (χ3v) is 4.34. The molecular formula is C17H26Cl2N4O3. The van der Waals surface area contributed by atoms with E-state index in [1.54, 1.807) is 23.1 Å². The van der Waals surface area contributed by atoms with Crippen LogP contribution in [0.3, 0.4) is 0 Å². The van der Waals surface area contributed by atoms with Gasteiger partial charge in [0.1, 0.15) is 0 Å². The molecule has 0 aromatic heterocycles. The smallest absolute Gasteiger partial charge is 0.319 e. The summed E-state index contributed by atoms with van der Waals surface area (Å²) >= 11 is 6.14. The van der Waals surface area contributed by atoms with Gasteiger partial charge in [-0.25, -0.2) is 4.79 Å². The van der Waals surface area contributed by atoms with Crippen molar-refractivity contribution in [1.29, 1.82) is 0 Å². The second-order valence-corrected chi connectivity index (χ2v) is 6.11. The Morgan fingerprint density at radius 2 is 2.08 bits per heavy atom. The summed E-state index contributed by atoms with van der Waals surface area (Å²) in [5, 5.41) is 9.02. The van der Waals surface area contributed by atoms with Crippen LogP contribution in [0.2, 0.25) is 5.02 Å². The van der Waals surface area contributed by atoms with Gasteiger partial charge >= 0.3 is 6.03 Å². The number of nitrogens with zero attached hydrogens (tertiary/aromatic N) is 1. The molecule has 146 valence electrons. The van der Waals surface area contributed by atoms with Gasteiger partial charge in [0.2, 0.25) is 0 Å². The molecule has 1 heterocycles. The monoisotopic (exact) mass is 404 g/mol. The van der Waals surface area contributed by atoms with Gasteiger partial charge in [0.05, 0.1) is 23.4 Å². The lowest BCUT2D eigenvalue weighted by atomic mass is 10.1. The number of ether oxygens (including phenoxy) is 1. The number of hydrogen-bond acceptors (Lipinski definition) is 4. The summed E-state index contributed by atoms with van der Waals surface area (Å²) < 4.78 is 5.52. The zero-order chi connectivity index (χ0) is 18.2. The van der Waals surface area contributed by atoms with E-state index in [1.165, 1.54) is 0 Å². The maximum atomic E-state index is 12.4. The number of anilines is 1. The number of rotatable bonds is 6. The highest BCUT2D eigenvalue weighted by molar-refractivity contribution is 6.33. The first kappa shape index (κ1) is 22.5. The number of benzene rings is 1. The fourth-order valence-corrected chi connectivity index (χ4v) is 2.74. The number of halogens is 2. The maximum Gasteiger partial charge on any atom is 0.319 e. The summed E-state index contributed by atoms with van der Waals surface area (Å²) in [4.78, 5) is 26.2. The molecule has 3 amide bonds. The number of carbonyl (C=O) groups excluding carboxylic acids is 2. The van der Waals surface area contributed by atoms with Crippen molar-refractivity contribution in [3.05, 3.63) is 28.8 Å². The maximum absolute atomic E-state index is 12.4. The summed E-state index contributed by atoms with van der Waals surface area (Å²) in [5.74, 6) is -0.0909. The zero-order valence-corrected chi connectivity index (χ0v) is 16.6. The van der Waals surface area contributed by atoms with Crippen molar-refractivity contribution in [1.82, 2.24) is 15.5 Å². The van der Waals surface area contributed by atoms with Crippen LogP contribution in [-0.4, -0.2) is 62.3 Å². The molecule has 0 bridgehead atoms. The van der Waals surface area contributed by atoms with E-state index in [1.807, 2.05) is 13.8 Å². The summed E-state index contributed by atoms with van der Waals surface area (Å²) in [6.45, 7) is 7.65. The van der Waals surface area contributed by atoms with Crippen molar-refractivity contribution < 1.29 is 14.3 Å². The number of carbonyl (C=O) groups is 2. The molecule has 1 fully saturated rings.